The lowest BCUT2D eigenvalue weighted by atomic mass is 9.98. The van der Waals surface area contributed by atoms with Crippen molar-refractivity contribution in [3.05, 3.63) is 48.6 Å². The van der Waals surface area contributed by atoms with Crippen molar-refractivity contribution in [3.63, 3.8) is 0 Å². The van der Waals surface area contributed by atoms with Crippen molar-refractivity contribution in [3.8, 4) is 0 Å². The molecule has 2 fully saturated rings. The molecule has 0 aromatic carbocycles. The summed E-state index contributed by atoms with van der Waals surface area (Å²) in [7, 11) is 0. The van der Waals surface area contributed by atoms with Crippen LogP contribution >= 0.6 is 0 Å². The number of hydrogen-bond acceptors (Lipinski definition) is 15. The van der Waals surface area contributed by atoms with Crippen LogP contribution in [0, 0.1) is 0 Å². The van der Waals surface area contributed by atoms with E-state index < -0.39 is 99.3 Å². The van der Waals surface area contributed by atoms with Crippen LogP contribution in [0.15, 0.2) is 48.6 Å². The number of aliphatic hydroxyl groups is 7. The SMILES string of the molecule is CCCCC/C=C/C/C=C/CCCCCCCCCCCC(=O)OC[C@@H](CO[C@@H]1O[C@H](CO[C@@H]2O[C@H](CO)[C@H](O)C(O)C2O)[C@H](O)C(O)C1O)OC(=O)CCCC/C=C/C/C=C/CCCCCCCC. The predicted octanol–water partition coefficient (Wildman–Crippen LogP) is 8.27. The van der Waals surface area contributed by atoms with Crippen LogP contribution in [0.1, 0.15) is 194 Å². The molecule has 4 unspecified atom stereocenters. The lowest BCUT2D eigenvalue weighted by molar-refractivity contribution is -0.332. The molecule has 11 atom stereocenters. The third kappa shape index (κ3) is 29.2. The van der Waals surface area contributed by atoms with Gasteiger partial charge in [-0.3, -0.25) is 9.59 Å². The fourth-order valence-electron chi connectivity index (χ4n) is 8.28. The number of unbranched alkanes of at least 4 members (excludes halogenated alkanes) is 20. The Labute approximate surface area is 420 Å². The standard InChI is InChI=1S/C55H96O15/c1-3-5-7-9-11-13-15-17-19-20-21-22-24-25-27-29-31-33-35-37-46(57)65-40-43(68-47(58)38-36-34-32-30-28-26-23-18-16-14-12-10-8-6-4-2)41-66-54-53(64)51(62)49(60)45(70-54)42-67-55-52(63)50(61)48(59)44(39-56)69-55/h11,13,17-19,23,28,30,43-45,48-56,59-64H,3-10,12,14-16,20-22,24-27,29,31-42H2,1-2H3/b13-11+,19-17+,23-18+,30-28+/t43-,44+,45+,48-,49-,50?,51?,52?,53?,54+,55+/m0/s1. The summed E-state index contributed by atoms with van der Waals surface area (Å²) < 4.78 is 33.6. The van der Waals surface area contributed by atoms with Crippen LogP contribution in [0.5, 0.6) is 0 Å². The Morgan fingerprint density at radius 2 is 0.857 bits per heavy atom. The van der Waals surface area contributed by atoms with Gasteiger partial charge in [-0.2, -0.15) is 0 Å². The minimum absolute atomic E-state index is 0.121. The first-order valence-electron chi connectivity index (χ1n) is 27.2. The zero-order valence-electron chi connectivity index (χ0n) is 43.0. The molecule has 0 amide bonds. The number of ether oxygens (including phenoxy) is 6. The van der Waals surface area contributed by atoms with Crippen molar-refractivity contribution in [2.45, 2.75) is 261 Å². The molecular formula is C55H96O15. The molecule has 0 radical (unpaired) electrons. The number of rotatable bonds is 42. The maximum atomic E-state index is 13.0. The normalized spacial score (nSPS) is 25.7. The topological polar surface area (TPSA) is 231 Å². The number of aliphatic hydroxyl groups excluding tert-OH is 7. The van der Waals surface area contributed by atoms with Gasteiger partial charge in [0.05, 0.1) is 19.8 Å². The highest BCUT2D eigenvalue weighted by Crippen LogP contribution is 2.26. The third-order valence-corrected chi connectivity index (χ3v) is 12.8. The highest BCUT2D eigenvalue weighted by Gasteiger charge is 2.47. The average molecular weight is 997 g/mol. The molecule has 0 aromatic rings. The molecule has 15 nitrogen and oxygen atoms in total. The quantitative estimate of drug-likeness (QED) is 0.0173. The van der Waals surface area contributed by atoms with Gasteiger partial charge in [0.1, 0.15) is 55.4 Å². The zero-order valence-corrected chi connectivity index (χ0v) is 43.0. The summed E-state index contributed by atoms with van der Waals surface area (Å²) >= 11 is 0. The molecule has 7 N–H and O–H groups in total. The molecule has 0 spiro atoms. The lowest BCUT2D eigenvalue weighted by Gasteiger charge is -2.42. The molecular weight excluding hydrogens is 901 g/mol. The molecule has 70 heavy (non-hydrogen) atoms. The van der Waals surface area contributed by atoms with E-state index in [1.54, 1.807) is 0 Å². The zero-order chi connectivity index (χ0) is 51.0. The van der Waals surface area contributed by atoms with Crippen molar-refractivity contribution in [2.75, 3.05) is 26.4 Å². The first kappa shape index (κ1) is 63.6. The van der Waals surface area contributed by atoms with Gasteiger partial charge in [0.15, 0.2) is 18.7 Å². The van der Waals surface area contributed by atoms with Gasteiger partial charge in [-0.1, -0.05) is 152 Å². The van der Waals surface area contributed by atoms with E-state index in [9.17, 15) is 45.3 Å². The summed E-state index contributed by atoms with van der Waals surface area (Å²) in [6.45, 7) is 2.53. The molecule has 2 rings (SSSR count). The maximum absolute atomic E-state index is 13.0. The fourth-order valence-corrected chi connectivity index (χ4v) is 8.28. The Kier molecular flexibility index (Phi) is 38.0. The highest BCUT2D eigenvalue weighted by molar-refractivity contribution is 5.70. The highest BCUT2D eigenvalue weighted by atomic mass is 16.7. The smallest absolute Gasteiger partial charge is 0.306 e. The van der Waals surface area contributed by atoms with Gasteiger partial charge in [-0.05, 0) is 77.0 Å². The second-order valence-electron chi connectivity index (χ2n) is 19.0. The van der Waals surface area contributed by atoms with Crippen molar-refractivity contribution in [1.29, 1.82) is 0 Å². The summed E-state index contributed by atoms with van der Waals surface area (Å²) in [6.07, 6.45) is 29.9. The molecule has 2 aliphatic rings. The van der Waals surface area contributed by atoms with Crippen LogP contribution in [-0.2, 0) is 38.0 Å². The largest absolute Gasteiger partial charge is 0.462 e. The summed E-state index contributed by atoms with van der Waals surface area (Å²) in [5.41, 5.74) is 0. The van der Waals surface area contributed by atoms with E-state index in [0.29, 0.717) is 12.8 Å². The minimum Gasteiger partial charge on any atom is -0.462 e. The summed E-state index contributed by atoms with van der Waals surface area (Å²) in [6, 6.07) is 0. The Hall–Kier alpha value is -2.54. The van der Waals surface area contributed by atoms with Crippen LogP contribution in [0.3, 0.4) is 0 Å². The van der Waals surface area contributed by atoms with Crippen molar-refractivity contribution < 1.29 is 73.8 Å². The molecule has 15 heteroatoms. The molecule has 0 aromatic heterocycles. The molecule has 0 aliphatic carbocycles. The molecule has 0 bridgehead atoms. The summed E-state index contributed by atoms with van der Waals surface area (Å²) in [5.74, 6) is -0.967. The van der Waals surface area contributed by atoms with E-state index >= 15 is 0 Å². The van der Waals surface area contributed by atoms with Crippen LogP contribution in [0.2, 0.25) is 0 Å². The third-order valence-electron chi connectivity index (χ3n) is 12.8. The van der Waals surface area contributed by atoms with Gasteiger partial charge in [0.25, 0.3) is 0 Å². The van der Waals surface area contributed by atoms with E-state index in [1.807, 2.05) is 0 Å². The van der Waals surface area contributed by atoms with E-state index in [0.717, 1.165) is 57.8 Å². The van der Waals surface area contributed by atoms with Crippen LogP contribution in [-0.4, -0.2) is 142 Å². The number of hydrogen-bond donors (Lipinski definition) is 7. The second-order valence-corrected chi connectivity index (χ2v) is 19.0. The monoisotopic (exact) mass is 997 g/mol. The second kappa shape index (κ2) is 41.9. The van der Waals surface area contributed by atoms with Crippen molar-refractivity contribution in [2.24, 2.45) is 0 Å². The first-order valence-corrected chi connectivity index (χ1v) is 27.2. The summed E-state index contributed by atoms with van der Waals surface area (Å²) in [4.78, 5) is 25.8. The molecule has 406 valence electrons. The van der Waals surface area contributed by atoms with Gasteiger partial charge < -0.3 is 64.2 Å². The van der Waals surface area contributed by atoms with Gasteiger partial charge in [-0.15, -0.1) is 0 Å². The van der Waals surface area contributed by atoms with Crippen molar-refractivity contribution >= 4 is 11.9 Å². The minimum atomic E-state index is -1.77. The number of carbonyl (C=O) groups is 2. The number of allylic oxidation sites excluding steroid dienone is 8. The van der Waals surface area contributed by atoms with Crippen LogP contribution in [0.25, 0.3) is 0 Å². The predicted molar refractivity (Wildman–Crippen MR) is 270 cm³/mol. The molecule has 2 saturated heterocycles. The Balaban J connectivity index is 1.79. The van der Waals surface area contributed by atoms with E-state index in [-0.39, 0.29) is 19.4 Å². The van der Waals surface area contributed by atoms with Crippen molar-refractivity contribution in [1.82, 2.24) is 0 Å². The van der Waals surface area contributed by atoms with E-state index in [1.165, 1.54) is 96.3 Å². The van der Waals surface area contributed by atoms with Gasteiger partial charge >= 0.3 is 11.9 Å². The van der Waals surface area contributed by atoms with Gasteiger partial charge in [0, 0.05) is 12.8 Å². The van der Waals surface area contributed by atoms with Crippen LogP contribution < -0.4 is 0 Å². The maximum Gasteiger partial charge on any atom is 0.306 e. The summed E-state index contributed by atoms with van der Waals surface area (Å²) in [5, 5.41) is 72.1. The molecule has 2 heterocycles. The Morgan fingerprint density at radius 1 is 0.457 bits per heavy atom. The van der Waals surface area contributed by atoms with E-state index in [4.69, 9.17) is 28.4 Å². The van der Waals surface area contributed by atoms with Gasteiger partial charge in [0.2, 0.25) is 0 Å². The Bertz CT molecular complexity index is 1400. The van der Waals surface area contributed by atoms with E-state index in [2.05, 4.69) is 62.5 Å². The lowest BCUT2D eigenvalue weighted by Crippen LogP contribution is -2.61. The number of esters is 2. The molecule has 0 saturated carbocycles. The van der Waals surface area contributed by atoms with Crippen LogP contribution in [0.4, 0.5) is 0 Å². The van der Waals surface area contributed by atoms with Gasteiger partial charge in [-0.25, -0.2) is 0 Å². The molecule has 2 aliphatic heterocycles. The average Bonchev–Trinajstić information content (AvgIpc) is 3.35. The fraction of sp³-hybridized carbons (Fsp3) is 0.818. The Morgan fingerprint density at radius 3 is 1.39 bits per heavy atom. The number of carbonyl (C=O) groups excluding carboxylic acids is 2. The first-order chi connectivity index (χ1) is 34.0.